The van der Waals surface area contributed by atoms with E-state index < -0.39 is 5.41 Å². The van der Waals surface area contributed by atoms with Gasteiger partial charge in [-0.05, 0) is 79.6 Å². The minimum absolute atomic E-state index is 0.0347. The number of aromatic amines is 1. The highest BCUT2D eigenvalue weighted by Gasteiger charge is 2.54. The predicted molar refractivity (Wildman–Crippen MR) is 171 cm³/mol. The molecule has 2 aliphatic rings. The van der Waals surface area contributed by atoms with Gasteiger partial charge < -0.3 is 10.6 Å². The van der Waals surface area contributed by atoms with Gasteiger partial charge in [0.15, 0.2) is 0 Å². The van der Waals surface area contributed by atoms with Gasteiger partial charge in [-0.3, -0.25) is 19.6 Å². The van der Waals surface area contributed by atoms with E-state index in [-0.39, 0.29) is 24.1 Å². The number of benzene rings is 2. The first kappa shape index (κ1) is 28.6. The molecule has 44 heavy (non-hydrogen) atoms. The van der Waals surface area contributed by atoms with Crippen molar-refractivity contribution in [3.8, 4) is 11.1 Å². The van der Waals surface area contributed by atoms with Crippen LogP contribution >= 0.6 is 23.2 Å². The largest absolute Gasteiger partial charge is 0.327 e. The van der Waals surface area contributed by atoms with Crippen molar-refractivity contribution < 1.29 is 4.79 Å². The summed E-state index contributed by atoms with van der Waals surface area (Å²) in [7, 11) is 0. The highest BCUT2D eigenvalue weighted by Crippen LogP contribution is 2.52. The number of hydrogen-bond donors (Lipinski definition) is 2. The summed E-state index contributed by atoms with van der Waals surface area (Å²) < 4.78 is 0. The number of H-pyrrole nitrogens is 1. The van der Waals surface area contributed by atoms with Gasteiger partial charge in [-0.2, -0.15) is 5.10 Å². The number of halogens is 2. The molecular formula is C34H30Cl2N6O2. The number of nitrogens with one attached hydrogen (secondary N) is 1. The molecule has 2 aliphatic carbocycles. The smallest absolute Gasteiger partial charge is 0.272 e. The van der Waals surface area contributed by atoms with Gasteiger partial charge in [0, 0.05) is 45.5 Å². The lowest BCUT2D eigenvalue weighted by molar-refractivity contribution is -0.137. The predicted octanol–water partition coefficient (Wildman–Crippen LogP) is 6.28. The zero-order valence-electron chi connectivity index (χ0n) is 23.9. The quantitative estimate of drug-likeness (QED) is 0.220. The van der Waals surface area contributed by atoms with Crippen LogP contribution in [0.5, 0.6) is 0 Å². The lowest BCUT2D eigenvalue weighted by Crippen LogP contribution is -2.43. The summed E-state index contributed by atoms with van der Waals surface area (Å²) in [4.78, 5) is 38.8. The van der Waals surface area contributed by atoms with Crippen molar-refractivity contribution >= 4 is 39.9 Å². The molecule has 0 unspecified atom stereocenters. The average Bonchev–Trinajstić information content (AvgIpc) is 3.86. The third-order valence-electron chi connectivity index (χ3n) is 8.98. The fraction of sp³-hybridized carbons (Fsp3) is 0.265. The van der Waals surface area contributed by atoms with E-state index in [1.165, 1.54) is 5.56 Å². The maximum atomic E-state index is 14.8. The highest BCUT2D eigenvalue weighted by molar-refractivity contribution is 6.39. The second-order valence-corrected chi connectivity index (χ2v) is 12.4. The van der Waals surface area contributed by atoms with Crippen LogP contribution in [0.2, 0.25) is 10.0 Å². The van der Waals surface area contributed by atoms with E-state index in [4.69, 9.17) is 38.9 Å². The summed E-state index contributed by atoms with van der Waals surface area (Å²) in [6.07, 6.45) is 7.69. The standard InChI is InChI=1S/C34H30Cl2N6O2/c35-26-6-2-7-27(36)30(26)21-9-11-23(39-18-21)19-42(29-8-1-4-20-5-3-15-38-31(20)29)33(44)34(13-14-34)22-10-12-24-25(16-22)28(17-37)40-41-32(24)43/h2-3,5-7,9-12,15-16,18,29H,1,4,8,13-14,17,19,37H2,(H,41,43)/t29-/m0/s1. The van der Waals surface area contributed by atoms with Gasteiger partial charge >= 0.3 is 0 Å². The van der Waals surface area contributed by atoms with Crippen molar-refractivity contribution in [2.45, 2.75) is 56.7 Å². The fourth-order valence-electron chi connectivity index (χ4n) is 6.52. The van der Waals surface area contributed by atoms with Crippen LogP contribution in [0.1, 0.15) is 59.9 Å². The molecule has 1 amide bonds. The summed E-state index contributed by atoms with van der Waals surface area (Å²) in [6.45, 7) is 0.496. The molecule has 10 heteroatoms. The van der Waals surface area contributed by atoms with Crippen molar-refractivity contribution in [3.05, 3.63) is 122 Å². The molecule has 0 saturated heterocycles. The summed E-state index contributed by atoms with van der Waals surface area (Å²) in [5.41, 5.74) is 10.8. The Labute approximate surface area is 264 Å². The second-order valence-electron chi connectivity index (χ2n) is 11.6. The molecule has 0 aliphatic heterocycles. The molecule has 3 aromatic heterocycles. The molecule has 0 bridgehead atoms. The van der Waals surface area contributed by atoms with Gasteiger partial charge in [0.2, 0.25) is 5.91 Å². The van der Waals surface area contributed by atoms with Crippen LogP contribution in [0.25, 0.3) is 21.9 Å². The number of carbonyl (C=O) groups is 1. The van der Waals surface area contributed by atoms with E-state index in [1.807, 2.05) is 41.3 Å². The molecular weight excluding hydrogens is 595 g/mol. The summed E-state index contributed by atoms with van der Waals surface area (Å²) in [6, 6.07) is 18.8. The molecule has 1 saturated carbocycles. The number of amides is 1. The molecule has 1 atom stereocenters. The Kier molecular flexibility index (Phi) is 7.44. The maximum Gasteiger partial charge on any atom is 0.272 e. The average molecular weight is 626 g/mol. The number of hydrogen-bond acceptors (Lipinski definition) is 6. The van der Waals surface area contributed by atoms with E-state index >= 15 is 0 Å². The number of carbonyl (C=O) groups excluding carboxylic acids is 1. The molecule has 3 heterocycles. The first-order valence-corrected chi connectivity index (χ1v) is 15.5. The van der Waals surface area contributed by atoms with E-state index in [0.717, 1.165) is 47.3 Å². The van der Waals surface area contributed by atoms with Gasteiger partial charge in [-0.1, -0.05) is 47.5 Å². The van der Waals surface area contributed by atoms with Crippen LogP contribution in [0.4, 0.5) is 0 Å². The van der Waals surface area contributed by atoms with Crippen molar-refractivity contribution in [2.24, 2.45) is 5.73 Å². The number of fused-ring (bicyclic) bond motifs is 2. The summed E-state index contributed by atoms with van der Waals surface area (Å²) in [5, 5.41) is 8.96. The number of rotatable bonds is 7. The highest BCUT2D eigenvalue weighted by atomic mass is 35.5. The fourth-order valence-corrected chi connectivity index (χ4v) is 7.14. The third kappa shape index (κ3) is 4.97. The van der Waals surface area contributed by atoms with Crippen molar-refractivity contribution in [3.63, 3.8) is 0 Å². The zero-order chi connectivity index (χ0) is 30.4. The summed E-state index contributed by atoms with van der Waals surface area (Å²) >= 11 is 12.9. The molecule has 2 aromatic carbocycles. The van der Waals surface area contributed by atoms with Gasteiger partial charge in [-0.25, -0.2) is 5.10 Å². The van der Waals surface area contributed by atoms with Gasteiger partial charge in [0.1, 0.15) is 0 Å². The van der Waals surface area contributed by atoms with Crippen LogP contribution in [0.3, 0.4) is 0 Å². The number of nitrogens with zero attached hydrogens (tertiary/aromatic N) is 4. The monoisotopic (exact) mass is 624 g/mol. The van der Waals surface area contributed by atoms with E-state index in [2.05, 4.69) is 16.3 Å². The Morgan fingerprint density at radius 2 is 1.84 bits per heavy atom. The van der Waals surface area contributed by atoms with Crippen LogP contribution < -0.4 is 11.3 Å². The van der Waals surface area contributed by atoms with Gasteiger partial charge in [0.05, 0.1) is 40.5 Å². The molecule has 0 spiro atoms. The first-order valence-electron chi connectivity index (χ1n) is 14.8. The minimum atomic E-state index is -0.708. The number of aryl methyl sites for hydroxylation is 1. The number of pyridine rings is 2. The summed E-state index contributed by atoms with van der Waals surface area (Å²) in [5.74, 6) is 0.0347. The van der Waals surface area contributed by atoms with Crippen molar-refractivity contribution in [1.82, 2.24) is 25.1 Å². The lowest BCUT2D eigenvalue weighted by Gasteiger charge is -2.37. The Balaban J connectivity index is 1.28. The molecule has 3 N–H and O–H groups in total. The number of aromatic nitrogens is 4. The maximum absolute atomic E-state index is 14.8. The van der Waals surface area contributed by atoms with Crippen molar-refractivity contribution in [2.75, 3.05) is 0 Å². The SMILES string of the molecule is NCc1n[nH]c(=O)c2ccc(C3(C(=O)N(Cc4ccc(-c5c(Cl)cccc5Cl)cn4)[C@H]4CCCc5cccnc54)CC3)cc12. The molecule has 0 radical (unpaired) electrons. The van der Waals surface area contributed by atoms with Crippen LogP contribution in [0, 0.1) is 0 Å². The Morgan fingerprint density at radius 1 is 1.02 bits per heavy atom. The molecule has 5 aromatic rings. The van der Waals surface area contributed by atoms with Crippen molar-refractivity contribution in [1.29, 1.82) is 0 Å². The van der Waals surface area contributed by atoms with Crippen LogP contribution in [-0.2, 0) is 29.7 Å². The Morgan fingerprint density at radius 3 is 2.57 bits per heavy atom. The topological polar surface area (TPSA) is 118 Å². The minimum Gasteiger partial charge on any atom is -0.327 e. The Bertz CT molecular complexity index is 1930. The Hall–Kier alpha value is -4.11. The number of nitrogens with two attached hydrogens (primary N) is 1. The molecule has 7 rings (SSSR count). The first-order chi connectivity index (χ1) is 21.4. The zero-order valence-corrected chi connectivity index (χ0v) is 25.4. The lowest BCUT2D eigenvalue weighted by atomic mass is 9.87. The van der Waals surface area contributed by atoms with E-state index in [0.29, 0.717) is 45.9 Å². The molecule has 8 nitrogen and oxygen atoms in total. The normalized spacial score (nSPS) is 16.8. The van der Waals surface area contributed by atoms with Gasteiger partial charge in [0.25, 0.3) is 5.56 Å². The second kappa shape index (κ2) is 11.4. The third-order valence-corrected chi connectivity index (χ3v) is 9.61. The van der Waals surface area contributed by atoms with Crippen LogP contribution in [-0.4, -0.2) is 31.0 Å². The molecule has 222 valence electrons. The van der Waals surface area contributed by atoms with Crippen LogP contribution in [0.15, 0.2) is 77.9 Å². The van der Waals surface area contributed by atoms with Gasteiger partial charge in [-0.15, -0.1) is 0 Å². The van der Waals surface area contributed by atoms with E-state index in [1.54, 1.807) is 30.6 Å². The van der Waals surface area contributed by atoms with E-state index in [9.17, 15) is 9.59 Å². The molecule has 1 fully saturated rings.